The first-order valence-electron chi connectivity index (χ1n) is 4.38. The quantitative estimate of drug-likeness (QED) is 0.850. The normalized spacial score (nSPS) is 12.7. The molecule has 78 valence electrons. The number of hydrogen-bond acceptors (Lipinski definition) is 2. The molecule has 3 N–H and O–H groups in total. The molecule has 1 heterocycles. The summed E-state index contributed by atoms with van der Waals surface area (Å²) in [4.78, 5) is 0. The van der Waals surface area contributed by atoms with Crippen LogP contribution in [0.15, 0.2) is 30.5 Å². The monoisotopic (exact) mass is 241 g/mol. The molecule has 0 saturated carbocycles. The zero-order valence-corrected chi connectivity index (χ0v) is 9.26. The summed E-state index contributed by atoms with van der Waals surface area (Å²) >= 11 is 11.8. The number of benzene rings is 1. The van der Waals surface area contributed by atoms with Crippen LogP contribution in [-0.2, 0) is 0 Å². The van der Waals surface area contributed by atoms with Crippen LogP contribution < -0.4 is 5.73 Å². The maximum absolute atomic E-state index is 6.04. The Balaban J connectivity index is 2.38. The van der Waals surface area contributed by atoms with Gasteiger partial charge in [-0.2, -0.15) is 5.10 Å². The van der Waals surface area contributed by atoms with E-state index in [4.69, 9.17) is 28.9 Å². The van der Waals surface area contributed by atoms with Gasteiger partial charge in [-0.15, -0.1) is 0 Å². The Kier molecular flexibility index (Phi) is 2.95. The van der Waals surface area contributed by atoms with Crippen LogP contribution in [0.3, 0.4) is 0 Å². The van der Waals surface area contributed by atoms with Crippen molar-refractivity contribution in [3.63, 3.8) is 0 Å². The van der Waals surface area contributed by atoms with Crippen LogP contribution in [0.25, 0.3) is 0 Å². The lowest BCUT2D eigenvalue weighted by molar-refractivity contribution is 0.816. The first-order chi connectivity index (χ1) is 7.18. The Morgan fingerprint density at radius 2 is 2.07 bits per heavy atom. The van der Waals surface area contributed by atoms with Crippen molar-refractivity contribution in [3.8, 4) is 0 Å². The second-order valence-electron chi connectivity index (χ2n) is 3.16. The van der Waals surface area contributed by atoms with Gasteiger partial charge in [-0.05, 0) is 23.8 Å². The standard InChI is InChI=1S/C10H9Cl2N3/c11-6-1-2-7(8(12)5-6)10(13)9-3-4-14-15-9/h1-5,10H,13H2,(H,14,15). The molecule has 0 spiro atoms. The lowest BCUT2D eigenvalue weighted by atomic mass is 10.1. The molecule has 0 fully saturated rings. The maximum Gasteiger partial charge on any atom is 0.0735 e. The average molecular weight is 242 g/mol. The van der Waals surface area contributed by atoms with Gasteiger partial charge in [0.15, 0.2) is 0 Å². The minimum absolute atomic E-state index is 0.308. The molecule has 2 aromatic rings. The molecule has 5 heteroatoms. The molecule has 1 aromatic heterocycles. The number of nitrogens with one attached hydrogen (secondary N) is 1. The molecule has 1 unspecified atom stereocenters. The van der Waals surface area contributed by atoms with Crippen LogP contribution in [0.1, 0.15) is 17.3 Å². The van der Waals surface area contributed by atoms with Gasteiger partial charge in [0, 0.05) is 16.2 Å². The molecule has 2 rings (SSSR count). The molecule has 0 aliphatic heterocycles. The lowest BCUT2D eigenvalue weighted by Gasteiger charge is -2.11. The Morgan fingerprint density at radius 3 is 2.67 bits per heavy atom. The van der Waals surface area contributed by atoms with E-state index in [0.29, 0.717) is 10.0 Å². The number of aromatic amines is 1. The fraction of sp³-hybridized carbons (Fsp3) is 0.100. The summed E-state index contributed by atoms with van der Waals surface area (Å²) in [6, 6.07) is 6.76. The third kappa shape index (κ3) is 2.15. The predicted octanol–water partition coefficient (Wildman–Crippen LogP) is 2.76. The smallest absolute Gasteiger partial charge is 0.0735 e. The maximum atomic E-state index is 6.04. The summed E-state index contributed by atoms with van der Waals surface area (Å²) in [5.74, 6) is 0. The summed E-state index contributed by atoms with van der Waals surface area (Å²) in [5.41, 5.74) is 7.66. The summed E-state index contributed by atoms with van der Waals surface area (Å²) in [5, 5.41) is 7.81. The SMILES string of the molecule is NC(c1ccn[nH]1)c1ccc(Cl)cc1Cl. The van der Waals surface area contributed by atoms with Crippen molar-refractivity contribution in [1.82, 2.24) is 10.2 Å². The van der Waals surface area contributed by atoms with Crippen LogP contribution in [-0.4, -0.2) is 10.2 Å². The van der Waals surface area contributed by atoms with Gasteiger partial charge in [0.1, 0.15) is 0 Å². The molecule has 3 nitrogen and oxygen atoms in total. The van der Waals surface area contributed by atoms with E-state index in [1.807, 2.05) is 12.1 Å². The number of nitrogens with two attached hydrogens (primary N) is 1. The van der Waals surface area contributed by atoms with Gasteiger partial charge in [-0.25, -0.2) is 0 Å². The number of rotatable bonds is 2. The second-order valence-corrected chi connectivity index (χ2v) is 4.00. The van der Waals surface area contributed by atoms with E-state index in [2.05, 4.69) is 10.2 Å². The Morgan fingerprint density at radius 1 is 1.27 bits per heavy atom. The molecule has 15 heavy (non-hydrogen) atoms. The summed E-state index contributed by atoms with van der Waals surface area (Å²) < 4.78 is 0. The Hall–Kier alpha value is -1.03. The second kappa shape index (κ2) is 4.23. The summed E-state index contributed by atoms with van der Waals surface area (Å²) in [6.07, 6.45) is 1.65. The molecular weight excluding hydrogens is 233 g/mol. The first-order valence-corrected chi connectivity index (χ1v) is 5.14. The molecule has 0 saturated heterocycles. The number of aromatic nitrogens is 2. The third-order valence-electron chi connectivity index (χ3n) is 2.15. The van der Waals surface area contributed by atoms with Crippen LogP contribution in [0.5, 0.6) is 0 Å². The molecule has 0 bridgehead atoms. The Labute approximate surface area is 97.2 Å². The van der Waals surface area contributed by atoms with E-state index in [1.165, 1.54) is 0 Å². The minimum atomic E-state index is -0.308. The average Bonchev–Trinajstić information content (AvgIpc) is 2.69. The first kappa shape index (κ1) is 10.5. The van der Waals surface area contributed by atoms with Gasteiger partial charge in [0.2, 0.25) is 0 Å². The lowest BCUT2D eigenvalue weighted by Crippen LogP contribution is -2.12. The van der Waals surface area contributed by atoms with Crippen molar-refractivity contribution in [2.45, 2.75) is 6.04 Å². The van der Waals surface area contributed by atoms with E-state index in [-0.39, 0.29) is 6.04 Å². The minimum Gasteiger partial charge on any atom is -0.319 e. The predicted molar refractivity (Wildman–Crippen MR) is 61.1 cm³/mol. The summed E-state index contributed by atoms with van der Waals surface area (Å²) in [7, 11) is 0. The molecule has 0 amide bonds. The van der Waals surface area contributed by atoms with Crippen LogP contribution in [0, 0.1) is 0 Å². The third-order valence-corrected chi connectivity index (χ3v) is 2.72. The highest BCUT2D eigenvalue weighted by Gasteiger charge is 2.13. The van der Waals surface area contributed by atoms with Crippen molar-refractivity contribution >= 4 is 23.2 Å². The molecule has 0 aliphatic rings. The van der Waals surface area contributed by atoms with E-state index >= 15 is 0 Å². The number of halogens is 2. The highest BCUT2D eigenvalue weighted by molar-refractivity contribution is 6.35. The number of nitrogens with zero attached hydrogens (tertiary/aromatic N) is 1. The van der Waals surface area contributed by atoms with Gasteiger partial charge in [0.05, 0.1) is 11.7 Å². The van der Waals surface area contributed by atoms with Crippen molar-refractivity contribution in [2.75, 3.05) is 0 Å². The van der Waals surface area contributed by atoms with E-state index in [9.17, 15) is 0 Å². The fourth-order valence-corrected chi connectivity index (χ4v) is 1.89. The number of H-pyrrole nitrogens is 1. The van der Waals surface area contributed by atoms with Gasteiger partial charge < -0.3 is 5.73 Å². The van der Waals surface area contributed by atoms with Gasteiger partial charge >= 0.3 is 0 Å². The largest absolute Gasteiger partial charge is 0.319 e. The van der Waals surface area contributed by atoms with Gasteiger partial charge in [0.25, 0.3) is 0 Å². The molecule has 1 aromatic carbocycles. The van der Waals surface area contributed by atoms with Crippen molar-refractivity contribution < 1.29 is 0 Å². The molecule has 1 atom stereocenters. The van der Waals surface area contributed by atoms with Gasteiger partial charge in [-0.1, -0.05) is 29.3 Å². The zero-order chi connectivity index (χ0) is 10.8. The van der Waals surface area contributed by atoms with Crippen molar-refractivity contribution in [2.24, 2.45) is 5.73 Å². The van der Waals surface area contributed by atoms with Gasteiger partial charge in [-0.3, -0.25) is 5.10 Å². The number of hydrogen-bond donors (Lipinski definition) is 2. The van der Waals surface area contributed by atoms with Crippen LogP contribution >= 0.6 is 23.2 Å². The highest BCUT2D eigenvalue weighted by Crippen LogP contribution is 2.27. The zero-order valence-electron chi connectivity index (χ0n) is 7.74. The van der Waals surface area contributed by atoms with E-state index < -0.39 is 0 Å². The van der Waals surface area contributed by atoms with Crippen molar-refractivity contribution in [1.29, 1.82) is 0 Å². The highest BCUT2D eigenvalue weighted by atomic mass is 35.5. The molecule has 0 aliphatic carbocycles. The topological polar surface area (TPSA) is 54.7 Å². The molecular formula is C10H9Cl2N3. The summed E-state index contributed by atoms with van der Waals surface area (Å²) in [6.45, 7) is 0. The van der Waals surface area contributed by atoms with Crippen LogP contribution in [0.4, 0.5) is 0 Å². The fourth-order valence-electron chi connectivity index (χ4n) is 1.36. The van der Waals surface area contributed by atoms with Crippen molar-refractivity contribution in [3.05, 3.63) is 51.8 Å². The molecule has 0 radical (unpaired) electrons. The van der Waals surface area contributed by atoms with E-state index in [0.717, 1.165) is 11.3 Å². The van der Waals surface area contributed by atoms with E-state index in [1.54, 1.807) is 18.3 Å². The van der Waals surface area contributed by atoms with Crippen LogP contribution in [0.2, 0.25) is 10.0 Å². The Bertz CT molecular complexity index is 454.